The van der Waals surface area contributed by atoms with Crippen LogP contribution in [0.3, 0.4) is 0 Å². The maximum absolute atomic E-state index is 4.98. The van der Waals surface area contributed by atoms with Crippen LogP contribution in [0.15, 0.2) is 176 Å². The van der Waals surface area contributed by atoms with Gasteiger partial charge in [0, 0.05) is 29.1 Å². The molecule has 0 spiro atoms. The second kappa shape index (κ2) is 13.0. The highest BCUT2D eigenvalue weighted by Gasteiger charge is 2.14. The van der Waals surface area contributed by atoms with Crippen LogP contribution in [0, 0.1) is 0 Å². The third-order valence-electron chi connectivity index (χ3n) is 8.30. The third kappa shape index (κ3) is 6.13. The van der Waals surface area contributed by atoms with E-state index < -0.39 is 0 Å². The summed E-state index contributed by atoms with van der Waals surface area (Å²) in [6.07, 6.45) is 3.61. The van der Waals surface area contributed by atoms with Crippen LogP contribution in [0.25, 0.3) is 78.9 Å². The van der Waals surface area contributed by atoms with Gasteiger partial charge in [-0.05, 0) is 57.6 Å². The molecule has 0 bridgehead atoms. The molecule has 0 saturated heterocycles. The van der Waals surface area contributed by atoms with Gasteiger partial charge in [0.05, 0.1) is 11.4 Å². The highest BCUT2D eigenvalue weighted by molar-refractivity contribution is 5.74. The van der Waals surface area contributed by atoms with E-state index >= 15 is 0 Å². The molecular formula is C43H29N5. The number of nitrogens with zero attached hydrogens (tertiary/aromatic N) is 5. The van der Waals surface area contributed by atoms with Gasteiger partial charge in [-0.2, -0.15) is 0 Å². The van der Waals surface area contributed by atoms with Crippen LogP contribution >= 0.6 is 0 Å². The van der Waals surface area contributed by atoms with E-state index in [1.165, 1.54) is 11.1 Å². The van der Waals surface area contributed by atoms with E-state index in [0.717, 1.165) is 50.3 Å². The summed E-state index contributed by atoms with van der Waals surface area (Å²) < 4.78 is 0. The van der Waals surface area contributed by atoms with Gasteiger partial charge in [-0.3, -0.25) is 9.97 Å². The molecule has 0 radical (unpaired) electrons. The predicted octanol–water partition coefficient (Wildman–Crippen LogP) is 10.3. The summed E-state index contributed by atoms with van der Waals surface area (Å²) in [7, 11) is 0. The Kier molecular flexibility index (Phi) is 7.83. The molecular weight excluding hydrogens is 587 g/mol. The first kappa shape index (κ1) is 28.9. The lowest BCUT2D eigenvalue weighted by Crippen LogP contribution is -2.00. The summed E-state index contributed by atoms with van der Waals surface area (Å²) in [5.41, 5.74) is 11.2. The van der Waals surface area contributed by atoms with E-state index in [0.29, 0.717) is 17.5 Å². The Morgan fingerprint density at radius 2 is 0.625 bits per heavy atom. The Bertz CT molecular complexity index is 2190. The van der Waals surface area contributed by atoms with Crippen LogP contribution in [0.5, 0.6) is 0 Å². The van der Waals surface area contributed by atoms with Crippen molar-refractivity contribution in [3.63, 3.8) is 0 Å². The minimum Gasteiger partial charge on any atom is -0.255 e. The second-order valence-corrected chi connectivity index (χ2v) is 11.4. The maximum atomic E-state index is 4.98. The largest absolute Gasteiger partial charge is 0.255 e. The molecule has 0 amide bonds. The molecule has 0 N–H and O–H groups in total. The first-order valence-electron chi connectivity index (χ1n) is 15.8. The van der Waals surface area contributed by atoms with Crippen molar-refractivity contribution in [2.45, 2.75) is 0 Å². The summed E-state index contributed by atoms with van der Waals surface area (Å²) in [6, 6.07) is 55.7. The fraction of sp³-hybridized carbons (Fsp3) is 0. The third-order valence-corrected chi connectivity index (χ3v) is 8.30. The van der Waals surface area contributed by atoms with Crippen LogP contribution in [0.2, 0.25) is 0 Å². The Morgan fingerprint density at radius 3 is 1.06 bits per heavy atom. The molecule has 0 aliphatic heterocycles. The lowest BCUT2D eigenvalue weighted by molar-refractivity contribution is 1.07. The van der Waals surface area contributed by atoms with E-state index in [-0.39, 0.29) is 0 Å². The van der Waals surface area contributed by atoms with E-state index in [9.17, 15) is 0 Å². The van der Waals surface area contributed by atoms with Crippen molar-refractivity contribution in [2.75, 3.05) is 0 Å². The molecule has 5 nitrogen and oxygen atoms in total. The number of hydrogen-bond acceptors (Lipinski definition) is 5. The number of aromatic nitrogens is 5. The monoisotopic (exact) mass is 615 g/mol. The van der Waals surface area contributed by atoms with Crippen molar-refractivity contribution in [1.82, 2.24) is 24.9 Å². The van der Waals surface area contributed by atoms with Crippen LogP contribution in [-0.2, 0) is 0 Å². The van der Waals surface area contributed by atoms with Crippen molar-refractivity contribution < 1.29 is 0 Å². The molecule has 8 rings (SSSR count). The second-order valence-electron chi connectivity index (χ2n) is 11.4. The Labute approximate surface area is 279 Å². The summed E-state index contributed by atoms with van der Waals surface area (Å²) in [6.45, 7) is 0. The Hall–Kier alpha value is -6.59. The molecule has 5 heteroatoms. The van der Waals surface area contributed by atoms with Crippen molar-refractivity contribution in [2.24, 2.45) is 0 Å². The zero-order valence-corrected chi connectivity index (χ0v) is 26.0. The van der Waals surface area contributed by atoms with Gasteiger partial charge in [0.15, 0.2) is 17.5 Å². The zero-order valence-electron chi connectivity index (χ0n) is 26.0. The number of hydrogen-bond donors (Lipinski definition) is 0. The smallest absolute Gasteiger partial charge is 0.164 e. The van der Waals surface area contributed by atoms with Gasteiger partial charge in [-0.25, -0.2) is 15.0 Å². The van der Waals surface area contributed by atoms with Gasteiger partial charge < -0.3 is 0 Å². The number of benzene rings is 5. The standard InChI is InChI=1S/C43H29N5/c1-3-9-30(10-4-1)32-14-20-35(21-15-32)41-46-42(36-22-16-33(17-23-36)31-11-5-2-6-12-31)48-43(47-41)37-24-18-34(19-25-37)38-26-28-45-40(29-38)39-13-7-8-27-44-39/h1-29H. The normalized spacial score (nSPS) is 10.9. The molecule has 48 heavy (non-hydrogen) atoms. The number of pyridine rings is 2. The molecule has 0 aliphatic carbocycles. The van der Waals surface area contributed by atoms with Crippen molar-refractivity contribution in [3.05, 3.63) is 176 Å². The van der Waals surface area contributed by atoms with Crippen LogP contribution in [0.4, 0.5) is 0 Å². The quantitative estimate of drug-likeness (QED) is 0.178. The molecule has 8 aromatic rings. The van der Waals surface area contributed by atoms with Crippen LogP contribution in [0.1, 0.15) is 0 Å². The maximum Gasteiger partial charge on any atom is 0.164 e. The predicted molar refractivity (Wildman–Crippen MR) is 193 cm³/mol. The summed E-state index contributed by atoms with van der Waals surface area (Å²) in [5, 5.41) is 0. The first-order valence-corrected chi connectivity index (χ1v) is 15.8. The van der Waals surface area contributed by atoms with Gasteiger partial charge in [0.25, 0.3) is 0 Å². The van der Waals surface area contributed by atoms with Crippen LogP contribution < -0.4 is 0 Å². The van der Waals surface area contributed by atoms with Crippen molar-refractivity contribution in [1.29, 1.82) is 0 Å². The van der Waals surface area contributed by atoms with E-state index in [1.54, 1.807) is 6.20 Å². The van der Waals surface area contributed by atoms with Crippen LogP contribution in [-0.4, -0.2) is 24.9 Å². The number of rotatable bonds is 7. The molecule has 0 aliphatic rings. The lowest BCUT2D eigenvalue weighted by atomic mass is 10.0. The summed E-state index contributed by atoms with van der Waals surface area (Å²) in [5.74, 6) is 1.87. The van der Waals surface area contributed by atoms with Gasteiger partial charge in [-0.1, -0.05) is 140 Å². The van der Waals surface area contributed by atoms with Crippen molar-refractivity contribution in [3.8, 4) is 78.9 Å². The first-order chi connectivity index (χ1) is 23.8. The highest BCUT2D eigenvalue weighted by Crippen LogP contribution is 2.30. The molecule has 0 saturated carbocycles. The van der Waals surface area contributed by atoms with E-state index in [1.807, 2.05) is 42.6 Å². The Balaban J connectivity index is 1.16. The fourth-order valence-electron chi connectivity index (χ4n) is 5.72. The fourth-order valence-corrected chi connectivity index (χ4v) is 5.72. The average molecular weight is 616 g/mol. The summed E-state index contributed by atoms with van der Waals surface area (Å²) in [4.78, 5) is 23.9. The molecule has 3 heterocycles. The van der Waals surface area contributed by atoms with Gasteiger partial charge in [0.1, 0.15) is 0 Å². The molecule has 3 aromatic heterocycles. The lowest BCUT2D eigenvalue weighted by Gasteiger charge is -2.10. The topological polar surface area (TPSA) is 64.5 Å². The van der Waals surface area contributed by atoms with Crippen molar-refractivity contribution >= 4 is 0 Å². The highest BCUT2D eigenvalue weighted by atomic mass is 15.0. The summed E-state index contributed by atoms with van der Waals surface area (Å²) >= 11 is 0. The minimum atomic E-state index is 0.615. The van der Waals surface area contributed by atoms with Gasteiger partial charge in [0.2, 0.25) is 0 Å². The minimum absolute atomic E-state index is 0.615. The van der Waals surface area contributed by atoms with E-state index in [2.05, 4.69) is 137 Å². The van der Waals surface area contributed by atoms with E-state index in [4.69, 9.17) is 15.0 Å². The average Bonchev–Trinajstić information content (AvgIpc) is 3.19. The molecule has 5 aromatic carbocycles. The van der Waals surface area contributed by atoms with Gasteiger partial charge >= 0.3 is 0 Å². The Morgan fingerprint density at radius 1 is 0.250 bits per heavy atom. The van der Waals surface area contributed by atoms with Gasteiger partial charge in [-0.15, -0.1) is 0 Å². The molecule has 0 fully saturated rings. The molecule has 226 valence electrons. The molecule has 0 atom stereocenters. The SMILES string of the molecule is c1ccc(-c2ccc(-c3nc(-c4ccc(-c5ccccc5)cc4)nc(-c4ccc(-c5ccnc(-c6ccccn6)c5)cc4)n3)cc2)cc1. The zero-order chi connectivity index (χ0) is 32.1. The molecule has 0 unspecified atom stereocenters.